The van der Waals surface area contributed by atoms with E-state index >= 15 is 0 Å². The summed E-state index contributed by atoms with van der Waals surface area (Å²) < 4.78 is 11.6. The van der Waals surface area contributed by atoms with Crippen molar-refractivity contribution in [1.82, 2.24) is 4.90 Å². The molecule has 34 heavy (non-hydrogen) atoms. The van der Waals surface area contributed by atoms with Gasteiger partial charge >= 0.3 is 0 Å². The predicted octanol–water partition coefficient (Wildman–Crippen LogP) is 4.10. The highest BCUT2D eigenvalue weighted by atomic mass is 32.1. The zero-order valence-electron chi connectivity index (χ0n) is 19.5. The summed E-state index contributed by atoms with van der Waals surface area (Å²) in [5.41, 5.74) is 1.26. The number of hydrogen-bond donors (Lipinski definition) is 0. The average Bonchev–Trinajstić information content (AvgIpc) is 3.07. The molecule has 1 saturated carbocycles. The molecule has 2 aromatic rings. The minimum Gasteiger partial charge on any atom is -0.495 e. The van der Waals surface area contributed by atoms with Crippen molar-refractivity contribution in [3.8, 4) is 17.6 Å². The molecule has 0 unspecified atom stereocenters. The number of rotatable bonds is 5. The van der Waals surface area contributed by atoms with Gasteiger partial charge in [-0.3, -0.25) is 9.69 Å². The number of anilines is 2. The smallest absolute Gasteiger partial charge is 0.259 e. The van der Waals surface area contributed by atoms with Crippen molar-refractivity contribution in [3.05, 3.63) is 48.0 Å². The van der Waals surface area contributed by atoms with Gasteiger partial charge in [0, 0.05) is 24.8 Å². The molecule has 2 aliphatic heterocycles. The minimum absolute atomic E-state index is 0.0258. The van der Waals surface area contributed by atoms with Crippen LogP contribution in [0.1, 0.15) is 37.7 Å². The zero-order valence-corrected chi connectivity index (χ0v) is 20.3. The molecular weight excluding hydrogens is 448 g/mol. The second kappa shape index (κ2) is 8.90. The summed E-state index contributed by atoms with van der Waals surface area (Å²) in [6.45, 7) is 2.09. The first-order valence-electron chi connectivity index (χ1n) is 11.7. The molecule has 7 nitrogen and oxygen atoms in total. The number of piperidine rings is 1. The summed E-state index contributed by atoms with van der Waals surface area (Å²) in [5.74, 6) is 1.24. The normalized spacial score (nSPS) is 20.4. The van der Waals surface area contributed by atoms with Crippen LogP contribution in [0.4, 0.5) is 11.4 Å². The molecule has 1 aliphatic carbocycles. The fourth-order valence-corrected chi connectivity index (χ4v) is 5.56. The number of amides is 1. The highest BCUT2D eigenvalue weighted by molar-refractivity contribution is 7.81. The molecule has 2 saturated heterocycles. The Morgan fingerprint density at radius 1 is 1.09 bits per heavy atom. The monoisotopic (exact) mass is 476 g/mol. The highest BCUT2D eigenvalue weighted by Gasteiger charge is 2.59. The Hall–Kier alpha value is -3.15. The highest BCUT2D eigenvalue weighted by Crippen LogP contribution is 2.48. The molecule has 1 spiro atoms. The van der Waals surface area contributed by atoms with Crippen molar-refractivity contribution in [3.63, 3.8) is 0 Å². The van der Waals surface area contributed by atoms with Gasteiger partial charge in [0.05, 0.1) is 18.4 Å². The molecule has 3 aliphatic rings. The summed E-state index contributed by atoms with van der Waals surface area (Å²) in [6, 6.07) is 15.2. The molecular formula is C26H28N4O3S. The lowest BCUT2D eigenvalue weighted by Crippen LogP contribution is -2.55. The molecule has 0 bridgehead atoms. The average molecular weight is 477 g/mol. The number of carbonyl (C=O) groups excluding carboxylic acids is 1. The topological polar surface area (TPSA) is 69.0 Å². The van der Waals surface area contributed by atoms with E-state index in [1.165, 1.54) is 7.11 Å². The number of methoxy groups -OCH3 is 1. The Balaban J connectivity index is 1.41. The van der Waals surface area contributed by atoms with Crippen molar-refractivity contribution in [2.24, 2.45) is 0 Å². The Morgan fingerprint density at radius 3 is 2.35 bits per heavy atom. The van der Waals surface area contributed by atoms with Gasteiger partial charge in [-0.05, 0) is 87.8 Å². The lowest BCUT2D eigenvalue weighted by Gasteiger charge is -2.43. The van der Waals surface area contributed by atoms with Gasteiger partial charge in [0.15, 0.2) is 5.11 Å². The van der Waals surface area contributed by atoms with Crippen molar-refractivity contribution in [2.45, 2.75) is 43.7 Å². The van der Waals surface area contributed by atoms with Crippen LogP contribution in [-0.2, 0) is 4.79 Å². The third-order valence-electron chi connectivity index (χ3n) is 7.22. The van der Waals surface area contributed by atoms with Gasteiger partial charge in [-0.2, -0.15) is 5.26 Å². The van der Waals surface area contributed by atoms with Gasteiger partial charge in [0.25, 0.3) is 5.91 Å². The summed E-state index contributed by atoms with van der Waals surface area (Å²) >= 11 is 5.86. The molecule has 0 N–H and O–H groups in total. The lowest BCUT2D eigenvalue weighted by atomic mass is 9.75. The fraction of sp³-hybridized carbons (Fsp3) is 0.423. The molecule has 0 atom stereocenters. The Labute approximate surface area is 205 Å². The summed E-state index contributed by atoms with van der Waals surface area (Å²) in [4.78, 5) is 19.6. The first-order chi connectivity index (χ1) is 16.5. The van der Waals surface area contributed by atoms with E-state index in [-0.39, 0.29) is 12.0 Å². The van der Waals surface area contributed by atoms with E-state index in [1.807, 2.05) is 29.2 Å². The molecule has 2 aromatic carbocycles. The number of nitrogens with zero attached hydrogens (tertiary/aromatic N) is 4. The predicted molar refractivity (Wildman–Crippen MR) is 134 cm³/mol. The lowest BCUT2D eigenvalue weighted by molar-refractivity contribution is -0.123. The third kappa shape index (κ3) is 3.69. The van der Waals surface area contributed by atoms with Gasteiger partial charge in [0.2, 0.25) is 0 Å². The number of thiocarbonyl (C=S) groups is 1. The van der Waals surface area contributed by atoms with Gasteiger partial charge in [-0.25, -0.2) is 0 Å². The van der Waals surface area contributed by atoms with Gasteiger partial charge in [-0.15, -0.1) is 0 Å². The number of hydrogen-bond acceptors (Lipinski definition) is 6. The third-order valence-corrected chi connectivity index (χ3v) is 7.58. The van der Waals surface area contributed by atoms with E-state index in [0.29, 0.717) is 22.1 Å². The van der Waals surface area contributed by atoms with Crippen LogP contribution in [0, 0.1) is 11.3 Å². The summed E-state index contributed by atoms with van der Waals surface area (Å²) in [5, 5.41) is 9.76. The van der Waals surface area contributed by atoms with Crippen molar-refractivity contribution in [1.29, 1.82) is 5.26 Å². The van der Waals surface area contributed by atoms with E-state index in [0.717, 1.165) is 56.6 Å². The van der Waals surface area contributed by atoms with Crippen LogP contribution in [0.2, 0.25) is 0 Å². The molecule has 0 aromatic heterocycles. The van der Waals surface area contributed by atoms with Crippen LogP contribution >= 0.6 is 12.2 Å². The van der Waals surface area contributed by atoms with E-state index in [2.05, 4.69) is 18.0 Å². The Bertz CT molecular complexity index is 1150. The molecule has 176 valence electrons. The number of nitriles is 1. The maximum absolute atomic E-state index is 13.7. The maximum Gasteiger partial charge on any atom is 0.259 e. The zero-order chi connectivity index (χ0) is 23.9. The van der Waals surface area contributed by atoms with E-state index in [4.69, 9.17) is 21.7 Å². The quantitative estimate of drug-likeness (QED) is 0.602. The molecule has 0 radical (unpaired) electrons. The van der Waals surface area contributed by atoms with Gasteiger partial charge < -0.3 is 19.3 Å². The maximum atomic E-state index is 13.7. The van der Waals surface area contributed by atoms with Crippen LogP contribution in [-0.4, -0.2) is 54.8 Å². The van der Waals surface area contributed by atoms with Crippen molar-refractivity contribution >= 4 is 34.6 Å². The summed E-state index contributed by atoms with van der Waals surface area (Å²) in [7, 11) is 3.65. The second-order valence-electron chi connectivity index (χ2n) is 9.25. The van der Waals surface area contributed by atoms with Gasteiger partial charge in [-0.1, -0.05) is 0 Å². The van der Waals surface area contributed by atoms with Crippen LogP contribution in [0.25, 0.3) is 0 Å². The molecule has 8 heteroatoms. The van der Waals surface area contributed by atoms with Crippen LogP contribution in [0.3, 0.4) is 0 Å². The number of carbonyl (C=O) groups is 1. The number of ether oxygens (including phenoxy) is 2. The largest absolute Gasteiger partial charge is 0.495 e. The van der Waals surface area contributed by atoms with Crippen LogP contribution < -0.4 is 19.3 Å². The van der Waals surface area contributed by atoms with Gasteiger partial charge in [0.1, 0.15) is 29.2 Å². The van der Waals surface area contributed by atoms with E-state index < -0.39 is 5.54 Å². The molecule has 1 amide bonds. The SMILES string of the molecule is COc1cc(N2C(=O)C3(CCC3)N(c3ccc(OC4CCN(C)CC4)cc3)C2=S)ccc1C#N. The first-order valence-corrected chi connectivity index (χ1v) is 12.1. The fourth-order valence-electron chi connectivity index (χ4n) is 5.09. The standard InChI is InChI=1S/C26H28N4O3S/c1-28-14-10-22(11-15-28)33-21-8-6-19(7-9-21)30-25(34)29(24(31)26(30)12-3-13-26)20-5-4-18(17-27)23(16-20)32-2/h4-9,16,22H,3,10-15H2,1-2H3. The van der Waals surface area contributed by atoms with Crippen LogP contribution in [0.15, 0.2) is 42.5 Å². The minimum atomic E-state index is -0.658. The van der Waals surface area contributed by atoms with Crippen molar-refractivity contribution < 1.29 is 14.3 Å². The van der Waals surface area contributed by atoms with E-state index in [1.54, 1.807) is 23.1 Å². The Kier molecular flexibility index (Phi) is 5.92. The number of likely N-dealkylation sites (tertiary alicyclic amines) is 1. The summed E-state index contributed by atoms with van der Waals surface area (Å²) in [6.07, 6.45) is 4.76. The van der Waals surface area contributed by atoms with E-state index in [9.17, 15) is 10.1 Å². The molecule has 3 fully saturated rings. The molecule has 5 rings (SSSR count). The van der Waals surface area contributed by atoms with Crippen LogP contribution in [0.5, 0.6) is 11.5 Å². The molecule has 2 heterocycles. The number of benzene rings is 2. The first kappa shape index (κ1) is 22.6. The van der Waals surface area contributed by atoms with Crippen molar-refractivity contribution in [2.75, 3.05) is 37.0 Å². The second-order valence-corrected chi connectivity index (χ2v) is 9.62. The Morgan fingerprint density at radius 2 is 1.76 bits per heavy atom.